The number of hydrogen-bond acceptors (Lipinski definition) is 2. The summed E-state index contributed by atoms with van der Waals surface area (Å²) in [5.41, 5.74) is 3.69. The van der Waals surface area contributed by atoms with Crippen LogP contribution in [-0.2, 0) is 0 Å². The second-order valence-electron chi connectivity index (χ2n) is 7.17. The summed E-state index contributed by atoms with van der Waals surface area (Å²) < 4.78 is 5.91. The first-order chi connectivity index (χ1) is 13.3. The monoisotopic (exact) mass is 356 g/mol. The lowest BCUT2D eigenvalue weighted by Crippen LogP contribution is -2.13. The lowest BCUT2D eigenvalue weighted by atomic mass is 9.84. The van der Waals surface area contributed by atoms with E-state index in [1.165, 1.54) is 37.7 Å². The number of benzene rings is 3. The molecule has 0 unspecified atom stereocenters. The van der Waals surface area contributed by atoms with Gasteiger partial charge in [-0.15, -0.1) is 0 Å². The summed E-state index contributed by atoms with van der Waals surface area (Å²) in [5, 5.41) is 0. The molecule has 4 rings (SSSR count). The summed E-state index contributed by atoms with van der Waals surface area (Å²) in [7, 11) is 0. The standard InChI is InChI=1S/C25H24O2/c26-25(23-17-8-7-15-21(23)19-11-3-1-4-12-19)27-24-18-10-9-16-22(24)20-13-5-2-6-14-20/h1,3-4,7-12,15-18,20H,2,5-6,13-14H2. The Morgan fingerprint density at radius 3 is 2.22 bits per heavy atom. The molecule has 1 fully saturated rings. The first-order valence-corrected chi connectivity index (χ1v) is 9.78. The first-order valence-electron chi connectivity index (χ1n) is 9.78. The van der Waals surface area contributed by atoms with Gasteiger partial charge in [-0.05, 0) is 47.6 Å². The van der Waals surface area contributed by atoms with Gasteiger partial charge in [0, 0.05) is 0 Å². The predicted octanol–water partition coefficient (Wildman–Crippen LogP) is 6.62. The fourth-order valence-corrected chi connectivity index (χ4v) is 4.01. The molecule has 1 aliphatic carbocycles. The van der Waals surface area contributed by atoms with Crippen molar-refractivity contribution in [3.63, 3.8) is 0 Å². The van der Waals surface area contributed by atoms with Gasteiger partial charge in [-0.25, -0.2) is 4.79 Å². The summed E-state index contributed by atoms with van der Waals surface area (Å²) in [5.74, 6) is 0.905. The highest BCUT2D eigenvalue weighted by Crippen LogP contribution is 2.37. The molecule has 1 aliphatic rings. The number of para-hydroxylation sites is 1. The van der Waals surface area contributed by atoms with Gasteiger partial charge < -0.3 is 4.74 Å². The molecule has 0 N–H and O–H groups in total. The van der Waals surface area contributed by atoms with Crippen LogP contribution in [0.4, 0.5) is 0 Å². The van der Waals surface area contributed by atoms with Gasteiger partial charge in [0.05, 0.1) is 5.56 Å². The Balaban J connectivity index is 1.63. The van der Waals surface area contributed by atoms with Crippen LogP contribution < -0.4 is 4.74 Å². The molecule has 0 radical (unpaired) electrons. The lowest BCUT2D eigenvalue weighted by molar-refractivity contribution is 0.0733. The van der Waals surface area contributed by atoms with Crippen molar-refractivity contribution in [3.8, 4) is 16.9 Å². The molecule has 0 heterocycles. The molecular formula is C25H24O2. The summed E-state index contributed by atoms with van der Waals surface area (Å²) in [6.45, 7) is 0. The molecule has 0 amide bonds. The van der Waals surface area contributed by atoms with Crippen LogP contribution in [0.3, 0.4) is 0 Å². The van der Waals surface area contributed by atoms with Crippen LogP contribution in [0, 0.1) is 0 Å². The average molecular weight is 356 g/mol. The van der Waals surface area contributed by atoms with Crippen molar-refractivity contribution in [2.45, 2.75) is 38.0 Å². The van der Waals surface area contributed by atoms with Crippen molar-refractivity contribution in [2.24, 2.45) is 0 Å². The number of carbonyl (C=O) groups excluding carboxylic acids is 1. The highest BCUT2D eigenvalue weighted by atomic mass is 16.5. The topological polar surface area (TPSA) is 26.3 Å². The molecule has 3 aromatic carbocycles. The molecule has 1 saturated carbocycles. The molecule has 0 aromatic heterocycles. The molecule has 0 bridgehead atoms. The third-order valence-electron chi connectivity index (χ3n) is 5.40. The smallest absolute Gasteiger partial charge is 0.344 e. The Hall–Kier alpha value is -2.87. The predicted molar refractivity (Wildman–Crippen MR) is 109 cm³/mol. The fourth-order valence-electron chi connectivity index (χ4n) is 4.01. The minimum atomic E-state index is -0.294. The Morgan fingerprint density at radius 1 is 0.741 bits per heavy atom. The zero-order valence-electron chi connectivity index (χ0n) is 15.4. The van der Waals surface area contributed by atoms with E-state index in [1.807, 2.05) is 72.8 Å². The van der Waals surface area contributed by atoms with Crippen molar-refractivity contribution in [1.29, 1.82) is 0 Å². The van der Waals surface area contributed by atoms with Crippen LogP contribution >= 0.6 is 0 Å². The minimum Gasteiger partial charge on any atom is -0.423 e. The number of rotatable bonds is 4. The van der Waals surface area contributed by atoms with Gasteiger partial charge in [-0.2, -0.15) is 0 Å². The van der Waals surface area contributed by atoms with Gasteiger partial charge in [0.25, 0.3) is 0 Å². The van der Waals surface area contributed by atoms with Crippen molar-refractivity contribution in [3.05, 3.63) is 90.0 Å². The highest BCUT2D eigenvalue weighted by molar-refractivity contribution is 5.98. The Kier molecular flexibility index (Phi) is 5.34. The second kappa shape index (κ2) is 8.22. The number of ether oxygens (including phenoxy) is 1. The zero-order valence-corrected chi connectivity index (χ0v) is 15.4. The SMILES string of the molecule is O=C(Oc1ccccc1C1CCCCC1)c1ccccc1-c1ccccc1. The molecule has 0 spiro atoms. The molecule has 0 saturated heterocycles. The summed E-state index contributed by atoms with van der Waals surface area (Å²) in [4.78, 5) is 13.0. The number of carbonyl (C=O) groups is 1. The first kappa shape index (κ1) is 17.5. The molecule has 2 nitrogen and oxygen atoms in total. The summed E-state index contributed by atoms with van der Waals surface area (Å²) in [6, 6.07) is 25.6. The van der Waals surface area contributed by atoms with Gasteiger partial charge in [0.1, 0.15) is 5.75 Å². The maximum Gasteiger partial charge on any atom is 0.344 e. The van der Waals surface area contributed by atoms with Crippen LogP contribution in [0.5, 0.6) is 5.75 Å². The molecule has 136 valence electrons. The third kappa shape index (κ3) is 3.95. The molecule has 0 aliphatic heterocycles. The van der Waals surface area contributed by atoms with Crippen LogP contribution in [0.2, 0.25) is 0 Å². The van der Waals surface area contributed by atoms with Crippen molar-refractivity contribution >= 4 is 5.97 Å². The van der Waals surface area contributed by atoms with E-state index < -0.39 is 0 Å². The van der Waals surface area contributed by atoms with Gasteiger partial charge in [-0.3, -0.25) is 0 Å². The zero-order chi connectivity index (χ0) is 18.5. The highest BCUT2D eigenvalue weighted by Gasteiger charge is 2.21. The Bertz CT molecular complexity index is 908. The van der Waals surface area contributed by atoms with Crippen LogP contribution in [-0.4, -0.2) is 5.97 Å². The average Bonchev–Trinajstić information content (AvgIpc) is 2.75. The normalized spacial score (nSPS) is 14.7. The molecule has 0 atom stereocenters. The summed E-state index contributed by atoms with van der Waals surface area (Å²) in [6.07, 6.45) is 6.17. The second-order valence-corrected chi connectivity index (χ2v) is 7.17. The van der Waals surface area contributed by atoms with Gasteiger partial charge >= 0.3 is 5.97 Å². The molecule has 27 heavy (non-hydrogen) atoms. The van der Waals surface area contributed by atoms with E-state index in [4.69, 9.17) is 4.74 Å². The van der Waals surface area contributed by atoms with Crippen molar-refractivity contribution in [1.82, 2.24) is 0 Å². The van der Waals surface area contributed by atoms with Crippen molar-refractivity contribution < 1.29 is 9.53 Å². The Labute approximate surface area is 160 Å². The van der Waals surface area contributed by atoms with E-state index in [0.717, 1.165) is 11.1 Å². The minimum absolute atomic E-state index is 0.294. The molecular weight excluding hydrogens is 332 g/mol. The van der Waals surface area contributed by atoms with E-state index >= 15 is 0 Å². The van der Waals surface area contributed by atoms with E-state index in [2.05, 4.69) is 6.07 Å². The van der Waals surface area contributed by atoms with E-state index in [1.54, 1.807) is 0 Å². The van der Waals surface area contributed by atoms with Crippen LogP contribution in [0.25, 0.3) is 11.1 Å². The van der Waals surface area contributed by atoms with Gasteiger partial charge in [0.15, 0.2) is 0 Å². The number of esters is 1. The Morgan fingerprint density at radius 2 is 1.41 bits per heavy atom. The van der Waals surface area contributed by atoms with Crippen molar-refractivity contribution in [2.75, 3.05) is 0 Å². The lowest BCUT2D eigenvalue weighted by Gasteiger charge is -2.23. The maximum atomic E-state index is 13.0. The maximum absolute atomic E-state index is 13.0. The number of hydrogen-bond donors (Lipinski definition) is 0. The van der Waals surface area contributed by atoms with E-state index in [-0.39, 0.29) is 5.97 Å². The van der Waals surface area contributed by atoms with Gasteiger partial charge in [0.2, 0.25) is 0 Å². The molecule has 2 heteroatoms. The van der Waals surface area contributed by atoms with Crippen LogP contribution in [0.1, 0.15) is 53.9 Å². The van der Waals surface area contributed by atoms with E-state index in [0.29, 0.717) is 17.2 Å². The van der Waals surface area contributed by atoms with Crippen LogP contribution in [0.15, 0.2) is 78.9 Å². The summed E-state index contributed by atoms with van der Waals surface area (Å²) >= 11 is 0. The largest absolute Gasteiger partial charge is 0.423 e. The quantitative estimate of drug-likeness (QED) is 0.388. The molecule has 3 aromatic rings. The van der Waals surface area contributed by atoms with Gasteiger partial charge in [-0.1, -0.05) is 86.0 Å². The fraction of sp³-hybridized carbons (Fsp3) is 0.240. The van der Waals surface area contributed by atoms with E-state index in [9.17, 15) is 4.79 Å². The third-order valence-corrected chi connectivity index (χ3v) is 5.40.